The van der Waals surface area contributed by atoms with Crippen LogP contribution in [0.15, 0.2) is 42.5 Å². The van der Waals surface area contributed by atoms with Gasteiger partial charge >= 0.3 is 12.1 Å². The maximum Gasteiger partial charge on any atom is 0.315 e. The highest BCUT2D eigenvalue weighted by Gasteiger charge is 2.35. The van der Waals surface area contributed by atoms with Gasteiger partial charge in [0.05, 0.1) is 31.3 Å². The lowest BCUT2D eigenvalue weighted by Crippen LogP contribution is -2.52. The minimum atomic E-state index is -0.244. The number of amides is 5. The first-order valence-electron chi connectivity index (χ1n) is 16.3. The summed E-state index contributed by atoms with van der Waals surface area (Å²) >= 11 is 13.2. The molecule has 2 saturated heterocycles. The third-order valence-corrected chi connectivity index (χ3v) is 10.4. The molecule has 4 fully saturated rings. The van der Waals surface area contributed by atoms with Gasteiger partial charge in [0.25, 0.3) is 0 Å². The Balaban J connectivity index is 1.18. The van der Waals surface area contributed by atoms with E-state index in [4.69, 9.17) is 27.9 Å². The number of hydrogen-bond donors (Lipinski definition) is 5. The van der Waals surface area contributed by atoms with Gasteiger partial charge in [0.1, 0.15) is 0 Å². The molecule has 2 aromatic carbocycles. The second-order valence-electron chi connectivity index (χ2n) is 13.2. The van der Waals surface area contributed by atoms with Crippen LogP contribution in [0.3, 0.4) is 0 Å². The first-order chi connectivity index (χ1) is 21.8. The SMILES string of the molecule is O=C1CC[C@H](NC(=O)N[C@H](c2cccc(Cl)c2)C2CCC(c3cc(Cl)cc([C@@H](NC(=O)NC4COC4)C4CCCC4)c3)C2)CN1. The van der Waals surface area contributed by atoms with Crippen molar-refractivity contribution >= 4 is 41.2 Å². The van der Waals surface area contributed by atoms with Gasteiger partial charge in [-0.15, -0.1) is 0 Å². The Morgan fingerprint density at radius 1 is 0.800 bits per heavy atom. The van der Waals surface area contributed by atoms with Crippen molar-refractivity contribution in [2.45, 2.75) is 87.9 Å². The van der Waals surface area contributed by atoms with E-state index in [0.717, 1.165) is 43.2 Å². The third kappa shape index (κ3) is 8.23. The van der Waals surface area contributed by atoms with Crippen molar-refractivity contribution in [3.8, 4) is 0 Å². The molecule has 0 bridgehead atoms. The Hall–Kier alpha value is -3.01. The van der Waals surface area contributed by atoms with Crippen molar-refractivity contribution in [2.75, 3.05) is 19.8 Å². The van der Waals surface area contributed by atoms with Crippen molar-refractivity contribution in [3.05, 3.63) is 69.2 Å². The van der Waals surface area contributed by atoms with Crippen molar-refractivity contribution in [2.24, 2.45) is 11.8 Å². The summed E-state index contributed by atoms with van der Waals surface area (Å²) < 4.78 is 5.22. The van der Waals surface area contributed by atoms with E-state index in [0.29, 0.717) is 48.6 Å². The fourth-order valence-electron chi connectivity index (χ4n) is 7.52. The highest BCUT2D eigenvalue weighted by Crippen LogP contribution is 2.46. The van der Waals surface area contributed by atoms with E-state index in [2.05, 4.69) is 38.7 Å². The van der Waals surface area contributed by atoms with E-state index in [-0.39, 0.29) is 54.0 Å². The molecule has 5 atom stereocenters. The predicted molar refractivity (Wildman–Crippen MR) is 174 cm³/mol. The molecule has 11 heteroatoms. The zero-order valence-electron chi connectivity index (χ0n) is 25.5. The highest BCUT2D eigenvalue weighted by atomic mass is 35.5. The minimum Gasteiger partial charge on any atom is -0.377 e. The molecule has 2 saturated carbocycles. The molecule has 242 valence electrons. The second kappa shape index (κ2) is 14.6. The summed E-state index contributed by atoms with van der Waals surface area (Å²) in [7, 11) is 0. The number of urea groups is 2. The van der Waals surface area contributed by atoms with E-state index >= 15 is 0 Å². The van der Waals surface area contributed by atoms with E-state index in [1.807, 2.05) is 30.3 Å². The molecule has 0 aromatic heterocycles. The van der Waals surface area contributed by atoms with Gasteiger partial charge < -0.3 is 31.3 Å². The lowest BCUT2D eigenvalue weighted by molar-refractivity contribution is -0.122. The van der Waals surface area contributed by atoms with Crippen LogP contribution in [0.25, 0.3) is 0 Å². The quantitative estimate of drug-likeness (QED) is 0.223. The lowest BCUT2D eigenvalue weighted by atomic mass is 9.86. The van der Waals surface area contributed by atoms with Crippen molar-refractivity contribution in [1.29, 1.82) is 0 Å². The molecule has 9 nitrogen and oxygen atoms in total. The average Bonchev–Trinajstić information content (AvgIpc) is 3.71. The fraction of sp³-hybridized carbons (Fsp3) is 0.559. The zero-order chi connectivity index (χ0) is 31.3. The van der Waals surface area contributed by atoms with Gasteiger partial charge in [0.15, 0.2) is 0 Å². The van der Waals surface area contributed by atoms with Gasteiger partial charge in [-0.2, -0.15) is 0 Å². The number of carbonyl (C=O) groups is 3. The molecule has 2 unspecified atom stereocenters. The number of ether oxygens (including phenoxy) is 1. The molecule has 0 radical (unpaired) electrons. The van der Waals surface area contributed by atoms with Crippen molar-refractivity contribution in [3.63, 3.8) is 0 Å². The molecule has 2 aliphatic heterocycles. The smallest absolute Gasteiger partial charge is 0.315 e. The van der Waals surface area contributed by atoms with E-state index < -0.39 is 0 Å². The van der Waals surface area contributed by atoms with Crippen LogP contribution in [-0.2, 0) is 9.53 Å². The average molecular weight is 657 g/mol. The summed E-state index contributed by atoms with van der Waals surface area (Å²) in [6.07, 6.45) is 8.28. The van der Waals surface area contributed by atoms with Gasteiger partial charge in [0, 0.05) is 29.1 Å². The highest BCUT2D eigenvalue weighted by molar-refractivity contribution is 6.31. The van der Waals surface area contributed by atoms with Crippen molar-refractivity contribution in [1.82, 2.24) is 26.6 Å². The lowest BCUT2D eigenvalue weighted by Gasteiger charge is -2.30. The van der Waals surface area contributed by atoms with Gasteiger partial charge in [-0.1, -0.05) is 54.2 Å². The number of hydrogen-bond acceptors (Lipinski definition) is 4. The summed E-state index contributed by atoms with van der Waals surface area (Å²) in [6, 6.07) is 13.2. The first kappa shape index (κ1) is 32.0. The van der Waals surface area contributed by atoms with Crippen LogP contribution < -0.4 is 26.6 Å². The van der Waals surface area contributed by atoms with Crippen LogP contribution in [0.5, 0.6) is 0 Å². The minimum absolute atomic E-state index is 0.0174. The van der Waals surface area contributed by atoms with Gasteiger partial charge in [-0.25, -0.2) is 9.59 Å². The summed E-state index contributed by atoms with van der Waals surface area (Å²) in [4.78, 5) is 37.7. The number of carbonyl (C=O) groups excluding carboxylic acids is 3. The van der Waals surface area contributed by atoms with Crippen LogP contribution in [0.4, 0.5) is 9.59 Å². The number of halogens is 2. The number of rotatable bonds is 9. The Bertz CT molecular complexity index is 1370. The Morgan fingerprint density at radius 2 is 1.51 bits per heavy atom. The van der Waals surface area contributed by atoms with Gasteiger partial charge in [0.2, 0.25) is 5.91 Å². The molecular weight excluding hydrogens is 613 g/mol. The molecule has 2 aromatic rings. The molecule has 4 aliphatic rings. The largest absolute Gasteiger partial charge is 0.377 e. The van der Waals surface area contributed by atoms with Crippen LogP contribution in [0, 0.1) is 11.8 Å². The van der Waals surface area contributed by atoms with Crippen LogP contribution >= 0.6 is 23.2 Å². The fourth-order valence-corrected chi connectivity index (χ4v) is 7.97. The normalized spacial score (nSPS) is 25.1. The molecule has 6 rings (SSSR count). The topological polar surface area (TPSA) is 121 Å². The number of nitrogens with one attached hydrogen (secondary N) is 5. The number of benzene rings is 2. The third-order valence-electron chi connectivity index (χ3n) is 9.94. The predicted octanol–water partition coefficient (Wildman–Crippen LogP) is 6.13. The second-order valence-corrected chi connectivity index (χ2v) is 14.0. The molecule has 5 N–H and O–H groups in total. The zero-order valence-corrected chi connectivity index (χ0v) is 27.0. The molecule has 5 amide bonds. The van der Waals surface area contributed by atoms with Crippen LogP contribution in [0.1, 0.15) is 92.5 Å². The van der Waals surface area contributed by atoms with Crippen molar-refractivity contribution < 1.29 is 19.1 Å². The summed E-state index contributed by atoms with van der Waals surface area (Å²) in [5.41, 5.74) is 3.20. The number of piperidine rings is 1. The molecule has 2 heterocycles. The monoisotopic (exact) mass is 655 g/mol. The standard InChI is InChI=1S/C34H43Cl2N5O4/c35-26-7-3-6-22(14-26)32(41-33(43)38-28-10-11-30(42)37-17-28)23-9-8-21(12-23)24-13-25(16-27(36)15-24)31(20-4-1-2-5-20)40-34(44)39-29-18-45-19-29/h3,6-7,13-16,20-21,23,28-29,31-32H,1-2,4-5,8-12,17-19H2,(H,37,42)(H2,38,41,43)(H2,39,40,44)/t21?,23?,28-,31-,32+/m0/s1. The van der Waals surface area contributed by atoms with Gasteiger partial charge in [-0.05, 0) is 97.2 Å². The maximum atomic E-state index is 13.2. The summed E-state index contributed by atoms with van der Waals surface area (Å²) in [5, 5.41) is 16.7. The van der Waals surface area contributed by atoms with E-state index in [9.17, 15) is 14.4 Å². The van der Waals surface area contributed by atoms with Crippen LogP contribution in [-0.4, -0.2) is 49.8 Å². The molecule has 45 heavy (non-hydrogen) atoms. The Morgan fingerprint density at radius 3 is 2.18 bits per heavy atom. The van der Waals surface area contributed by atoms with Gasteiger partial charge in [-0.3, -0.25) is 4.79 Å². The van der Waals surface area contributed by atoms with E-state index in [1.165, 1.54) is 18.4 Å². The summed E-state index contributed by atoms with van der Waals surface area (Å²) in [6.45, 7) is 1.54. The Kier molecular flexibility index (Phi) is 10.4. The molecular formula is C34H43Cl2N5O4. The molecule has 2 aliphatic carbocycles. The summed E-state index contributed by atoms with van der Waals surface area (Å²) in [5.74, 6) is 0.830. The first-order valence-corrected chi connectivity index (χ1v) is 17.1. The van der Waals surface area contributed by atoms with E-state index in [1.54, 1.807) is 0 Å². The molecule has 0 spiro atoms. The maximum absolute atomic E-state index is 13.2. The Labute approximate surface area is 274 Å². The van der Waals surface area contributed by atoms with Crippen LogP contribution in [0.2, 0.25) is 10.0 Å².